The molecule has 7 heteroatoms. The van der Waals surface area contributed by atoms with Gasteiger partial charge in [0.1, 0.15) is 5.60 Å². The van der Waals surface area contributed by atoms with E-state index in [2.05, 4.69) is 9.97 Å². The first-order valence-corrected chi connectivity index (χ1v) is 6.53. The smallest absolute Gasteiger partial charge is 0.410 e. The first-order valence-electron chi connectivity index (χ1n) is 6.53. The highest BCUT2D eigenvalue weighted by Gasteiger charge is 2.31. The number of fused-ring (bicyclic) bond motifs is 1. The molecule has 0 bridgehead atoms. The summed E-state index contributed by atoms with van der Waals surface area (Å²) in [7, 11) is 0. The average molecular weight is 281 g/mol. The number of ether oxygens (including phenoxy) is 2. The number of aromatic amines is 1. The van der Waals surface area contributed by atoms with Crippen LogP contribution in [0.15, 0.2) is 0 Å². The van der Waals surface area contributed by atoms with Crippen molar-refractivity contribution in [2.45, 2.75) is 46.4 Å². The van der Waals surface area contributed by atoms with Gasteiger partial charge in [0, 0.05) is 0 Å². The third-order valence-corrected chi connectivity index (χ3v) is 2.67. The SMILES string of the molecule is CCOC(=O)c1nc2c([nH]1)CN(C(=O)OC(C)(C)C)C2. The molecular formula is C13H19N3O4. The van der Waals surface area contributed by atoms with Gasteiger partial charge in [-0.1, -0.05) is 0 Å². The highest BCUT2D eigenvalue weighted by atomic mass is 16.6. The van der Waals surface area contributed by atoms with Crippen LogP contribution in [-0.2, 0) is 22.6 Å². The Labute approximate surface area is 117 Å². The number of carbonyl (C=O) groups excluding carboxylic acids is 2. The number of aromatic nitrogens is 2. The second kappa shape index (κ2) is 5.15. The molecular weight excluding hydrogens is 262 g/mol. The molecule has 7 nitrogen and oxygen atoms in total. The molecule has 0 fully saturated rings. The van der Waals surface area contributed by atoms with E-state index >= 15 is 0 Å². The molecule has 0 saturated carbocycles. The van der Waals surface area contributed by atoms with E-state index in [4.69, 9.17) is 9.47 Å². The van der Waals surface area contributed by atoms with Gasteiger partial charge < -0.3 is 14.5 Å². The maximum atomic E-state index is 11.9. The maximum absolute atomic E-state index is 11.9. The lowest BCUT2D eigenvalue weighted by Gasteiger charge is -2.24. The monoisotopic (exact) mass is 281 g/mol. The van der Waals surface area contributed by atoms with Crippen molar-refractivity contribution in [1.29, 1.82) is 0 Å². The lowest BCUT2D eigenvalue weighted by Crippen LogP contribution is -2.33. The van der Waals surface area contributed by atoms with E-state index in [0.29, 0.717) is 25.4 Å². The summed E-state index contributed by atoms with van der Waals surface area (Å²) in [5, 5.41) is 0. The van der Waals surface area contributed by atoms with Crippen LogP contribution in [0, 0.1) is 0 Å². The Bertz CT molecular complexity index is 507. The van der Waals surface area contributed by atoms with Crippen LogP contribution >= 0.6 is 0 Å². The van der Waals surface area contributed by atoms with E-state index < -0.39 is 11.6 Å². The van der Waals surface area contributed by atoms with Crippen molar-refractivity contribution in [3.63, 3.8) is 0 Å². The average Bonchev–Trinajstić information content (AvgIpc) is 2.83. The van der Waals surface area contributed by atoms with E-state index in [-0.39, 0.29) is 11.9 Å². The molecule has 0 saturated heterocycles. The van der Waals surface area contributed by atoms with Crippen molar-refractivity contribution >= 4 is 12.1 Å². The van der Waals surface area contributed by atoms with Crippen molar-refractivity contribution in [2.24, 2.45) is 0 Å². The van der Waals surface area contributed by atoms with Crippen LogP contribution in [0.2, 0.25) is 0 Å². The van der Waals surface area contributed by atoms with Crippen LogP contribution in [0.25, 0.3) is 0 Å². The van der Waals surface area contributed by atoms with Crippen LogP contribution in [0.4, 0.5) is 4.79 Å². The van der Waals surface area contributed by atoms with Crippen molar-refractivity contribution < 1.29 is 19.1 Å². The number of nitrogens with zero attached hydrogens (tertiary/aromatic N) is 2. The lowest BCUT2D eigenvalue weighted by atomic mass is 10.2. The Balaban J connectivity index is 2.01. The summed E-state index contributed by atoms with van der Waals surface area (Å²) >= 11 is 0. The normalized spacial score (nSPS) is 14.1. The van der Waals surface area contributed by atoms with E-state index in [1.807, 2.05) is 20.8 Å². The van der Waals surface area contributed by atoms with Gasteiger partial charge >= 0.3 is 12.1 Å². The molecule has 0 spiro atoms. The lowest BCUT2D eigenvalue weighted by molar-refractivity contribution is 0.0238. The highest BCUT2D eigenvalue weighted by molar-refractivity contribution is 5.85. The van der Waals surface area contributed by atoms with E-state index in [1.54, 1.807) is 6.92 Å². The van der Waals surface area contributed by atoms with Gasteiger partial charge in [-0.2, -0.15) is 0 Å². The number of hydrogen-bond donors (Lipinski definition) is 1. The maximum Gasteiger partial charge on any atom is 0.410 e. The number of hydrogen-bond acceptors (Lipinski definition) is 5. The minimum atomic E-state index is -0.531. The molecule has 1 aliphatic rings. The fourth-order valence-electron chi connectivity index (χ4n) is 1.89. The molecule has 1 aromatic rings. The van der Waals surface area contributed by atoms with Gasteiger partial charge in [0.25, 0.3) is 0 Å². The summed E-state index contributed by atoms with van der Waals surface area (Å²) in [6.45, 7) is 8.18. The van der Waals surface area contributed by atoms with Gasteiger partial charge in [-0.05, 0) is 27.7 Å². The molecule has 2 rings (SSSR count). The standard InChI is InChI=1S/C13H19N3O4/c1-5-19-11(17)10-14-8-6-16(7-9(8)15-10)12(18)20-13(2,3)4/h5-7H2,1-4H3,(H,14,15). The van der Waals surface area contributed by atoms with Crippen LogP contribution in [-0.4, -0.2) is 39.1 Å². The van der Waals surface area contributed by atoms with Crippen molar-refractivity contribution in [3.05, 3.63) is 17.2 Å². The summed E-state index contributed by atoms with van der Waals surface area (Å²) in [6, 6.07) is 0. The molecule has 0 radical (unpaired) electrons. The Kier molecular flexibility index (Phi) is 3.69. The predicted molar refractivity (Wildman–Crippen MR) is 70.0 cm³/mol. The summed E-state index contributed by atoms with van der Waals surface area (Å²) in [4.78, 5) is 32.0. The zero-order valence-electron chi connectivity index (χ0n) is 12.1. The zero-order valence-corrected chi connectivity index (χ0v) is 12.1. The molecule has 110 valence electrons. The van der Waals surface area contributed by atoms with Gasteiger partial charge in [0.15, 0.2) is 0 Å². The van der Waals surface area contributed by atoms with Gasteiger partial charge in [-0.3, -0.25) is 4.90 Å². The summed E-state index contributed by atoms with van der Waals surface area (Å²) in [5.41, 5.74) is 0.898. The molecule has 0 atom stereocenters. The van der Waals surface area contributed by atoms with Gasteiger partial charge in [0.2, 0.25) is 5.82 Å². The minimum Gasteiger partial charge on any atom is -0.460 e. The molecule has 0 aromatic carbocycles. The van der Waals surface area contributed by atoms with Crippen molar-refractivity contribution in [2.75, 3.05) is 6.61 Å². The summed E-state index contributed by atoms with van der Waals surface area (Å²) in [5.74, 6) is -0.300. The van der Waals surface area contributed by atoms with Crippen molar-refractivity contribution in [1.82, 2.24) is 14.9 Å². The van der Waals surface area contributed by atoms with Gasteiger partial charge in [0.05, 0.1) is 31.1 Å². The Morgan fingerprint density at radius 2 is 2.05 bits per heavy atom. The molecule has 2 heterocycles. The molecule has 1 aromatic heterocycles. The van der Waals surface area contributed by atoms with E-state index in [1.165, 1.54) is 4.90 Å². The molecule has 0 unspecified atom stereocenters. The zero-order chi connectivity index (χ0) is 14.9. The first kappa shape index (κ1) is 14.4. The fourth-order valence-corrected chi connectivity index (χ4v) is 1.89. The number of H-pyrrole nitrogens is 1. The quantitative estimate of drug-likeness (QED) is 0.836. The fraction of sp³-hybridized carbons (Fsp3) is 0.615. The molecule has 20 heavy (non-hydrogen) atoms. The third-order valence-electron chi connectivity index (χ3n) is 2.67. The topological polar surface area (TPSA) is 84.5 Å². The second-order valence-electron chi connectivity index (χ2n) is 5.57. The van der Waals surface area contributed by atoms with Crippen molar-refractivity contribution in [3.8, 4) is 0 Å². The van der Waals surface area contributed by atoms with Crippen LogP contribution in [0.5, 0.6) is 0 Å². The number of esters is 1. The number of carbonyl (C=O) groups is 2. The van der Waals surface area contributed by atoms with E-state index in [0.717, 1.165) is 5.69 Å². The number of amides is 1. The second-order valence-corrected chi connectivity index (χ2v) is 5.57. The molecule has 1 amide bonds. The van der Waals surface area contributed by atoms with Crippen LogP contribution < -0.4 is 0 Å². The number of rotatable bonds is 2. The van der Waals surface area contributed by atoms with Crippen LogP contribution in [0.1, 0.15) is 49.7 Å². The van der Waals surface area contributed by atoms with Gasteiger partial charge in [-0.15, -0.1) is 0 Å². The summed E-state index contributed by atoms with van der Waals surface area (Å²) in [6.07, 6.45) is -0.387. The van der Waals surface area contributed by atoms with Gasteiger partial charge in [-0.25, -0.2) is 14.6 Å². The summed E-state index contributed by atoms with van der Waals surface area (Å²) < 4.78 is 10.2. The minimum absolute atomic E-state index is 0.181. The Morgan fingerprint density at radius 3 is 2.60 bits per heavy atom. The van der Waals surface area contributed by atoms with Crippen LogP contribution in [0.3, 0.4) is 0 Å². The molecule has 0 aliphatic carbocycles. The Hall–Kier alpha value is -2.05. The predicted octanol–water partition coefficient (Wildman–Crippen LogP) is 1.84. The Morgan fingerprint density at radius 1 is 1.35 bits per heavy atom. The largest absolute Gasteiger partial charge is 0.460 e. The first-order chi connectivity index (χ1) is 9.30. The van der Waals surface area contributed by atoms with E-state index in [9.17, 15) is 9.59 Å². The molecule has 1 N–H and O–H groups in total. The third kappa shape index (κ3) is 3.09. The molecule has 1 aliphatic heterocycles. The number of imidazole rings is 1. The highest BCUT2D eigenvalue weighted by Crippen LogP contribution is 2.23. The number of nitrogens with one attached hydrogen (secondary N) is 1.